The maximum atomic E-state index is 6.01. The van der Waals surface area contributed by atoms with Crippen LogP contribution in [0.1, 0.15) is 38.3 Å². The van der Waals surface area contributed by atoms with E-state index in [9.17, 15) is 0 Å². The van der Waals surface area contributed by atoms with Crippen LogP contribution in [0, 0.1) is 0 Å². The molecule has 1 aromatic heterocycles. The summed E-state index contributed by atoms with van der Waals surface area (Å²) < 4.78 is 4.61. The first-order valence-corrected chi connectivity index (χ1v) is 6.67. The highest BCUT2D eigenvalue weighted by Crippen LogP contribution is 2.26. The molecule has 0 spiro atoms. The third-order valence-electron chi connectivity index (χ3n) is 3.11. The largest absolute Gasteiger partial charge is 0.295 e. The lowest BCUT2D eigenvalue weighted by Gasteiger charge is -2.26. The van der Waals surface area contributed by atoms with Crippen LogP contribution in [0.15, 0.2) is 0 Å². The standard InChI is InChI=1S/C10H16ClN3S/c1-2-14(8-5-3-4-6-8)7-9-10(11)15-13-12-9/h8H,2-7H2,1H3. The Hall–Kier alpha value is -0.190. The minimum Gasteiger partial charge on any atom is -0.295 e. The molecule has 0 saturated heterocycles. The second kappa shape index (κ2) is 5.23. The Kier molecular flexibility index (Phi) is 3.94. The maximum absolute atomic E-state index is 6.01. The van der Waals surface area contributed by atoms with Crippen molar-refractivity contribution in [2.24, 2.45) is 0 Å². The monoisotopic (exact) mass is 245 g/mol. The van der Waals surface area contributed by atoms with Gasteiger partial charge in [0.1, 0.15) is 10.0 Å². The molecule has 0 amide bonds. The van der Waals surface area contributed by atoms with Crippen LogP contribution in [0.2, 0.25) is 4.34 Å². The van der Waals surface area contributed by atoms with Crippen molar-refractivity contribution < 1.29 is 0 Å². The van der Waals surface area contributed by atoms with Gasteiger partial charge in [0.2, 0.25) is 0 Å². The highest BCUT2D eigenvalue weighted by atomic mass is 35.5. The molecule has 84 valence electrons. The molecule has 0 radical (unpaired) electrons. The van der Waals surface area contributed by atoms with Gasteiger partial charge in [0.25, 0.3) is 0 Å². The fourth-order valence-corrected chi connectivity index (χ4v) is 2.86. The molecule has 1 aliphatic rings. The molecule has 0 unspecified atom stereocenters. The molecule has 0 aromatic carbocycles. The lowest BCUT2D eigenvalue weighted by Crippen LogP contribution is -2.32. The van der Waals surface area contributed by atoms with Crippen LogP contribution in [0.5, 0.6) is 0 Å². The minimum atomic E-state index is 0.729. The number of hydrogen-bond donors (Lipinski definition) is 0. The van der Waals surface area contributed by atoms with Gasteiger partial charge in [0, 0.05) is 24.1 Å². The zero-order chi connectivity index (χ0) is 10.7. The van der Waals surface area contributed by atoms with Crippen molar-refractivity contribution in [3.8, 4) is 0 Å². The van der Waals surface area contributed by atoms with Crippen LogP contribution >= 0.6 is 23.1 Å². The van der Waals surface area contributed by atoms with E-state index < -0.39 is 0 Å². The lowest BCUT2D eigenvalue weighted by atomic mass is 10.2. The molecular weight excluding hydrogens is 230 g/mol. The van der Waals surface area contributed by atoms with E-state index in [0.29, 0.717) is 0 Å². The summed E-state index contributed by atoms with van der Waals surface area (Å²) in [6.07, 6.45) is 5.38. The molecule has 1 saturated carbocycles. The van der Waals surface area contributed by atoms with Gasteiger partial charge >= 0.3 is 0 Å². The predicted molar refractivity (Wildman–Crippen MR) is 63.3 cm³/mol. The van der Waals surface area contributed by atoms with Gasteiger partial charge in [-0.3, -0.25) is 4.90 Å². The van der Waals surface area contributed by atoms with Gasteiger partial charge in [0.05, 0.1) is 0 Å². The Bertz CT molecular complexity index is 309. The van der Waals surface area contributed by atoms with Crippen molar-refractivity contribution in [1.82, 2.24) is 14.5 Å². The van der Waals surface area contributed by atoms with E-state index in [1.807, 2.05) is 0 Å². The SMILES string of the molecule is CCN(Cc1nnsc1Cl)C1CCCC1. The summed E-state index contributed by atoms with van der Waals surface area (Å²) in [6.45, 7) is 4.13. The number of rotatable bonds is 4. The van der Waals surface area contributed by atoms with Gasteiger partial charge < -0.3 is 0 Å². The highest BCUT2D eigenvalue weighted by molar-refractivity contribution is 7.10. The second-order valence-corrected chi connectivity index (χ2v) is 5.35. The van der Waals surface area contributed by atoms with Gasteiger partial charge in [-0.15, -0.1) is 5.10 Å². The average Bonchev–Trinajstić information content (AvgIpc) is 2.86. The molecular formula is C10H16ClN3S. The summed E-state index contributed by atoms with van der Waals surface area (Å²) in [5, 5.41) is 4.07. The van der Waals surface area contributed by atoms with Crippen LogP contribution in [0.3, 0.4) is 0 Å². The topological polar surface area (TPSA) is 29.0 Å². The number of halogens is 1. The van der Waals surface area contributed by atoms with Crippen LogP contribution in [-0.2, 0) is 6.54 Å². The molecule has 2 rings (SSSR count). The average molecular weight is 246 g/mol. The van der Waals surface area contributed by atoms with Crippen molar-refractivity contribution in [3.63, 3.8) is 0 Å². The molecule has 15 heavy (non-hydrogen) atoms. The Labute approximate surface area is 99.6 Å². The Balaban J connectivity index is 1.98. The van der Waals surface area contributed by atoms with Crippen molar-refractivity contribution in [3.05, 3.63) is 10.0 Å². The molecule has 1 aliphatic carbocycles. The van der Waals surface area contributed by atoms with Crippen LogP contribution in [0.4, 0.5) is 0 Å². The van der Waals surface area contributed by atoms with Gasteiger partial charge in [0.15, 0.2) is 0 Å². The second-order valence-electron chi connectivity index (χ2n) is 3.99. The highest BCUT2D eigenvalue weighted by Gasteiger charge is 2.22. The molecule has 0 bridgehead atoms. The molecule has 1 fully saturated rings. The molecule has 0 atom stereocenters. The first-order chi connectivity index (χ1) is 7.31. The van der Waals surface area contributed by atoms with Crippen LogP contribution in [0.25, 0.3) is 0 Å². The molecule has 1 aromatic rings. The summed E-state index contributed by atoms with van der Waals surface area (Å²) in [6, 6.07) is 0.729. The van der Waals surface area contributed by atoms with Crippen molar-refractivity contribution in [1.29, 1.82) is 0 Å². The summed E-state index contributed by atoms with van der Waals surface area (Å²) in [7, 11) is 0. The van der Waals surface area contributed by atoms with Crippen LogP contribution in [-0.4, -0.2) is 27.1 Å². The summed E-state index contributed by atoms with van der Waals surface area (Å²) >= 11 is 7.29. The van der Waals surface area contributed by atoms with E-state index >= 15 is 0 Å². The normalized spacial score (nSPS) is 17.8. The van der Waals surface area contributed by atoms with Gasteiger partial charge in [-0.25, -0.2) is 0 Å². The lowest BCUT2D eigenvalue weighted by molar-refractivity contribution is 0.198. The van der Waals surface area contributed by atoms with E-state index in [0.717, 1.165) is 29.2 Å². The first kappa shape index (κ1) is 11.3. The van der Waals surface area contributed by atoms with E-state index in [1.54, 1.807) is 0 Å². The molecule has 0 aliphatic heterocycles. The van der Waals surface area contributed by atoms with Crippen molar-refractivity contribution >= 4 is 23.1 Å². The molecule has 5 heteroatoms. The smallest absolute Gasteiger partial charge is 0.138 e. The first-order valence-electron chi connectivity index (χ1n) is 5.52. The summed E-state index contributed by atoms with van der Waals surface area (Å²) in [4.78, 5) is 2.47. The Morgan fingerprint density at radius 2 is 2.20 bits per heavy atom. The number of nitrogens with zero attached hydrogens (tertiary/aromatic N) is 3. The van der Waals surface area contributed by atoms with Crippen molar-refractivity contribution in [2.45, 2.75) is 45.2 Å². The Morgan fingerprint density at radius 3 is 2.73 bits per heavy atom. The van der Waals surface area contributed by atoms with E-state index in [-0.39, 0.29) is 0 Å². The van der Waals surface area contributed by atoms with Gasteiger partial charge in [-0.1, -0.05) is 35.9 Å². The zero-order valence-electron chi connectivity index (χ0n) is 8.95. The quantitative estimate of drug-likeness (QED) is 0.817. The summed E-state index contributed by atoms with van der Waals surface area (Å²) in [5.74, 6) is 0. The Morgan fingerprint density at radius 1 is 1.47 bits per heavy atom. The molecule has 0 N–H and O–H groups in total. The third kappa shape index (κ3) is 2.68. The van der Waals surface area contributed by atoms with E-state index in [2.05, 4.69) is 21.4 Å². The van der Waals surface area contributed by atoms with Crippen LogP contribution < -0.4 is 0 Å². The van der Waals surface area contributed by atoms with E-state index in [4.69, 9.17) is 11.6 Å². The minimum absolute atomic E-state index is 0.729. The van der Waals surface area contributed by atoms with E-state index in [1.165, 1.54) is 37.2 Å². The number of hydrogen-bond acceptors (Lipinski definition) is 4. The summed E-state index contributed by atoms with van der Waals surface area (Å²) in [5.41, 5.74) is 0.940. The maximum Gasteiger partial charge on any atom is 0.138 e. The number of aromatic nitrogens is 2. The molecule has 1 heterocycles. The zero-order valence-corrected chi connectivity index (χ0v) is 10.5. The fourth-order valence-electron chi connectivity index (χ4n) is 2.25. The van der Waals surface area contributed by atoms with Gasteiger partial charge in [-0.2, -0.15) is 0 Å². The van der Waals surface area contributed by atoms with Crippen molar-refractivity contribution in [2.75, 3.05) is 6.54 Å². The third-order valence-corrected chi connectivity index (χ3v) is 4.09. The molecule has 3 nitrogen and oxygen atoms in total. The predicted octanol–water partition coefficient (Wildman–Crippen LogP) is 2.96. The van der Waals surface area contributed by atoms with Gasteiger partial charge in [-0.05, 0) is 19.4 Å². The fraction of sp³-hybridized carbons (Fsp3) is 0.800.